The molecule has 2 aromatic rings. The average molecular weight is 451 g/mol. The smallest absolute Gasteiger partial charge is 0.408 e. The van der Waals surface area contributed by atoms with E-state index in [1.165, 1.54) is 4.68 Å². The molecule has 0 aliphatic heterocycles. The molecular formula is C21H27ClN4O5. The number of ketones is 1. The van der Waals surface area contributed by atoms with Gasteiger partial charge in [0.1, 0.15) is 5.60 Å². The number of rotatable bonds is 8. The number of amides is 2. The number of aromatic nitrogens is 2. The Morgan fingerprint density at radius 3 is 2.61 bits per heavy atom. The van der Waals surface area contributed by atoms with Crippen LogP contribution in [0.3, 0.4) is 0 Å². The summed E-state index contributed by atoms with van der Waals surface area (Å²) in [6, 6.07) is 5.59. The number of alkyl carbamates (subject to hydrolysis) is 1. The van der Waals surface area contributed by atoms with Crippen LogP contribution < -0.4 is 10.6 Å². The normalized spacial score (nSPS) is 12.2. The van der Waals surface area contributed by atoms with Gasteiger partial charge in [-0.3, -0.25) is 14.3 Å². The standard InChI is InChI=1S/C21H27ClN4O5/c1-13(23-20(30)31-21(2,3)4)16(28)12-14-6-5-7-15(22)18(14)19(29)24-17-8-9-26(25-17)10-11-27/h5-9,13,27H,10-12H2,1-4H3,(H,23,30)(H,24,25,29)/t13-/m0/s1. The molecule has 31 heavy (non-hydrogen) atoms. The van der Waals surface area contributed by atoms with Gasteiger partial charge in [0.05, 0.1) is 29.8 Å². The maximum Gasteiger partial charge on any atom is 0.408 e. The molecule has 0 bridgehead atoms. The number of nitrogens with one attached hydrogen (secondary N) is 2. The molecule has 1 aromatic heterocycles. The average Bonchev–Trinajstić information content (AvgIpc) is 3.07. The number of aliphatic hydroxyl groups is 1. The van der Waals surface area contributed by atoms with Crippen molar-refractivity contribution in [3.05, 3.63) is 46.6 Å². The number of carbonyl (C=O) groups excluding carboxylic acids is 3. The summed E-state index contributed by atoms with van der Waals surface area (Å²) in [4.78, 5) is 37.4. The monoisotopic (exact) mass is 450 g/mol. The van der Waals surface area contributed by atoms with Crippen LogP contribution in [0.4, 0.5) is 10.6 Å². The zero-order valence-electron chi connectivity index (χ0n) is 17.9. The summed E-state index contributed by atoms with van der Waals surface area (Å²) in [5.41, 5.74) is -0.115. The van der Waals surface area contributed by atoms with Crippen molar-refractivity contribution in [2.24, 2.45) is 0 Å². The molecule has 0 unspecified atom stereocenters. The van der Waals surface area contributed by atoms with E-state index < -0.39 is 23.6 Å². The van der Waals surface area contributed by atoms with E-state index in [1.54, 1.807) is 58.2 Å². The zero-order chi connectivity index (χ0) is 23.2. The first-order valence-corrected chi connectivity index (χ1v) is 10.1. The third-order valence-corrected chi connectivity index (χ3v) is 4.43. The SMILES string of the molecule is C[C@H](NC(=O)OC(C)(C)C)C(=O)Cc1cccc(Cl)c1C(=O)Nc1ccn(CCO)n1. The first-order valence-electron chi connectivity index (χ1n) is 9.75. The van der Waals surface area contributed by atoms with Gasteiger partial charge < -0.3 is 20.5 Å². The molecule has 1 atom stereocenters. The Morgan fingerprint density at radius 1 is 1.26 bits per heavy atom. The van der Waals surface area contributed by atoms with Crippen LogP contribution in [0.25, 0.3) is 0 Å². The molecule has 10 heteroatoms. The Balaban J connectivity index is 2.11. The van der Waals surface area contributed by atoms with Crippen molar-refractivity contribution in [2.75, 3.05) is 11.9 Å². The largest absolute Gasteiger partial charge is 0.444 e. The van der Waals surface area contributed by atoms with Gasteiger partial charge in [-0.2, -0.15) is 5.10 Å². The molecule has 0 aliphatic rings. The van der Waals surface area contributed by atoms with Crippen LogP contribution in [-0.2, 0) is 22.5 Å². The van der Waals surface area contributed by atoms with E-state index >= 15 is 0 Å². The van der Waals surface area contributed by atoms with Crippen molar-refractivity contribution in [3.8, 4) is 0 Å². The lowest BCUT2D eigenvalue weighted by Crippen LogP contribution is -2.42. The molecule has 168 valence electrons. The Bertz CT molecular complexity index is 951. The fourth-order valence-corrected chi connectivity index (χ4v) is 2.99. The number of hydrogen-bond acceptors (Lipinski definition) is 6. The number of ether oxygens (including phenoxy) is 1. The minimum Gasteiger partial charge on any atom is -0.444 e. The van der Waals surface area contributed by atoms with E-state index in [-0.39, 0.29) is 35.2 Å². The second-order valence-electron chi connectivity index (χ2n) is 7.93. The highest BCUT2D eigenvalue weighted by molar-refractivity contribution is 6.34. The van der Waals surface area contributed by atoms with Gasteiger partial charge in [-0.1, -0.05) is 23.7 Å². The highest BCUT2D eigenvalue weighted by Gasteiger charge is 2.24. The van der Waals surface area contributed by atoms with Crippen molar-refractivity contribution in [3.63, 3.8) is 0 Å². The minimum absolute atomic E-state index is 0.0820. The van der Waals surface area contributed by atoms with E-state index in [9.17, 15) is 14.4 Å². The molecule has 3 N–H and O–H groups in total. The summed E-state index contributed by atoms with van der Waals surface area (Å²) in [5, 5.41) is 18.4. The number of halogens is 1. The quantitative estimate of drug-likeness (QED) is 0.568. The summed E-state index contributed by atoms with van der Waals surface area (Å²) in [7, 11) is 0. The predicted molar refractivity (Wildman–Crippen MR) is 116 cm³/mol. The van der Waals surface area contributed by atoms with Gasteiger partial charge in [-0.25, -0.2) is 4.79 Å². The molecule has 9 nitrogen and oxygen atoms in total. The number of anilines is 1. The maximum atomic E-state index is 12.8. The van der Waals surface area contributed by atoms with Crippen LogP contribution in [0.5, 0.6) is 0 Å². The first kappa shape index (κ1) is 24.4. The van der Waals surface area contributed by atoms with E-state index in [2.05, 4.69) is 15.7 Å². The number of aliphatic hydroxyl groups excluding tert-OH is 1. The van der Waals surface area contributed by atoms with Crippen LogP contribution in [0.1, 0.15) is 43.6 Å². The molecule has 2 rings (SSSR count). The fourth-order valence-electron chi connectivity index (χ4n) is 2.71. The van der Waals surface area contributed by atoms with Gasteiger partial charge in [0.25, 0.3) is 5.91 Å². The molecule has 0 saturated carbocycles. The van der Waals surface area contributed by atoms with Crippen LogP contribution >= 0.6 is 11.6 Å². The van der Waals surface area contributed by atoms with Gasteiger partial charge in [0, 0.05) is 18.7 Å². The molecule has 0 fully saturated rings. The third kappa shape index (κ3) is 7.37. The second-order valence-corrected chi connectivity index (χ2v) is 8.33. The third-order valence-electron chi connectivity index (χ3n) is 4.12. The van der Waals surface area contributed by atoms with Crippen LogP contribution in [0, 0.1) is 0 Å². The Kier molecular flexibility index (Phi) is 8.18. The fraction of sp³-hybridized carbons (Fsp3) is 0.429. The highest BCUT2D eigenvalue weighted by Crippen LogP contribution is 2.22. The molecule has 1 heterocycles. The zero-order valence-corrected chi connectivity index (χ0v) is 18.7. The van der Waals surface area contributed by atoms with Crippen LogP contribution in [-0.4, -0.2) is 50.9 Å². The van der Waals surface area contributed by atoms with Gasteiger partial charge in [0.2, 0.25) is 0 Å². The van der Waals surface area contributed by atoms with Crippen LogP contribution in [0.15, 0.2) is 30.5 Å². The summed E-state index contributed by atoms with van der Waals surface area (Å²) >= 11 is 6.24. The van der Waals surface area contributed by atoms with Crippen LogP contribution in [0.2, 0.25) is 5.02 Å². The van der Waals surface area contributed by atoms with Gasteiger partial charge in [-0.15, -0.1) is 0 Å². The van der Waals surface area contributed by atoms with Crippen molar-refractivity contribution in [1.29, 1.82) is 0 Å². The molecule has 0 saturated heterocycles. The first-order chi connectivity index (χ1) is 14.5. The highest BCUT2D eigenvalue weighted by atomic mass is 35.5. The lowest BCUT2D eigenvalue weighted by Gasteiger charge is -2.21. The molecule has 1 aromatic carbocycles. The topological polar surface area (TPSA) is 123 Å². The number of nitrogens with zero attached hydrogens (tertiary/aromatic N) is 2. The van der Waals surface area contributed by atoms with E-state index in [4.69, 9.17) is 21.4 Å². The number of carbonyl (C=O) groups is 3. The Morgan fingerprint density at radius 2 is 1.97 bits per heavy atom. The molecule has 2 amide bonds. The maximum absolute atomic E-state index is 12.8. The second kappa shape index (κ2) is 10.4. The van der Waals surface area contributed by atoms with E-state index in [0.717, 1.165) is 0 Å². The molecule has 0 spiro atoms. The number of benzene rings is 1. The molecule has 0 radical (unpaired) electrons. The van der Waals surface area contributed by atoms with Crippen molar-refractivity contribution in [2.45, 2.75) is 52.3 Å². The molecular weight excluding hydrogens is 424 g/mol. The van der Waals surface area contributed by atoms with Crippen molar-refractivity contribution >= 4 is 35.2 Å². The Labute approximate surface area is 185 Å². The van der Waals surface area contributed by atoms with Crippen molar-refractivity contribution in [1.82, 2.24) is 15.1 Å². The molecule has 0 aliphatic carbocycles. The lowest BCUT2D eigenvalue weighted by atomic mass is 9.99. The van der Waals surface area contributed by atoms with Gasteiger partial charge in [0.15, 0.2) is 11.6 Å². The summed E-state index contributed by atoms with van der Waals surface area (Å²) in [6.45, 7) is 6.93. The van der Waals surface area contributed by atoms with Crippen molar-refractivity contribution < 1.29 is 24.2 Å². The minimum atomic E-state index is -0.820. The van der Waals surface area contributed by atoms with E-state index in [0.29, 0.717) is 12.1 Å². The number of Topliss-reactive ketones (excluding diaryl/α,β-unsaturated/α-hetero) is 1. The Hall–Kier alpha value is -2.91. The number of hydrogen-bond donors (Lipinski definition) is 3. The summed E-state index contributed by atoms with van der Waals surface area (Å²) < 4.78 is 6.65. The lowest BCUT2D eigenvalue weighted by molar-refractivity contribution is -0.120. The summed E-state index contributed by atoms with van der Waals surface area (Å²) in [6.07, 6.45) is 0.808. The van der Waals surface area contributed by atoms with E-state index in [1.807, 2.05) is 0 Å². The summed E-state index contributed by atoms with van der Waals surface area (Å²) in [5.74, 6) is -0.541. The van der Waals surface area contributed by atoms with Gasteiger partial charge in [-0.05, 0) is 39.3 Å². The van der Waals surface area contributed by atoms with Gasteiger partial charge >= 0.3 is 6.09 Å². The predicted octanol–water partition coefficient (Wildman–Crippen LogP) is 2.81.